The molecule has 16 heavy (non-hydrogen) atoms. The van der Waals surface area contributed by atoms with Gasteiger partial charge in [-0.25, -0.2) is 0 Å². The number of rotatable bonds is 6. The minimum Gasteiger partial charge on any atom is -0.314 e. The summed E-state index contributed by atoms with van der Waals surface area (Å²) in [4.78, 5) is 0. The fourth-order valence-electron chi connectivity index (χ4n) is 1.82. The Bertz CT molecular complexity index is 190. The summed E-state index contributed by atoms with van der Waals surface area (Å²) in [6.45, 7) is 2.93. The quantitative estimate of drug-likeness (QED) is 0.780. The van der Waals surface area contributed by atoms with Crippen LogP contribution >= 0.6 is 11.8 Å². The van der Waals surface area contributed by atoms with E-state index in [4.69, 9.17) is 0 Å². The lowest BCUT2D eigenvalue weighted by Crippen LogP contribution is -2.31. The van der Waals surface area contributed by atoms with Crippen molar-refractivity contribution in [2.45, 2.75) is 44.8 Å². The van der Waals surface area contributed by atoms with E-state index in [1.54, 1.807) is 0 Å². The van der Waals surface area contributed by atoms with Crippen molar-refractivity contribution in [2.75, 3.05) is 18.1 Å². The van der Waals surface area contributed by atoms with E-state index in [0.29, 0.717) is 6.42 Å². The van der Waals surface area contributed by atoms with Crippen molar-refractivity contribution in [2.24, 2.45) is 5.92 Å². The van der Waals surface area contributed by atoms with Crippen LogP contribution in [0.1, 0.15) is 32.6 Å². The maximum atomic E-state index is 11.9. The van der Waals surface area contributed by atoms with Crippen LogP contribution in [-0.2, 0) is 0 Å². The van der Waals surface area contributed by atoms with Crippen molar-refractivity contribution in [1.82, 2.24) is 5.32 Å². The Morgan fingerprint density at radius 3 is 2.75 bits per heavy atom. The van der Waals surface area contributed by atoms with Crippen LogP contribution < -0.4 is 5.32 Å². The zero-order chi connectivity index (χ0) is 12.0. The molecule has 0 aromatic rings. The van der Waals surface area contributed by atoms with E-state index in [1.807, 2.05) is 18.7 Å². The van der Waals surface area contributed by atoms with E-state index in [-0.39, 0.29) is 12.5 Å². The molecule has 96 valence electrons. The van der Waals surface area contributed by atoms with Gasteiger partial charge in [-0.15, -0.1) is 0 Å². The molecule has 1 nitrogen and oxygen atoms in total. The van der Waals surface area contributed by atoms with Gasteiger partial charge < -0.3 is 5.32 Å². The summed E-state index contributed by atoms with van der Waals surface area (Å²) in [5.74, 6) is 3.15. The molecular formula is C11H20F3NS. The van der Waals surface area contributed by atoms with Gasteiger partial charge in [0.25, 0.3) is 0 Å². The molecule has 2 unspecified atom stereocenters. The van der Waals surface area contributed by atoms with E-state index < -0.39 is 12.6 Å². The average molecular weight is 255 g/mol. The molecule has 0 spiro atoms. The molecule has 0 aromatic heterocycles. The van der Waals surface area contributed by atoms with Gasteiger partial charge in [0.2, 0.25) is 0 Å². The van der Waals surface area contributed by atoms with Gasteiger partial charge in [-0.3, -0.25) is 0 Å². The normalized spacial score (nSPS) is 23.6. The van der Waals surface area contributed by atoms with Gasteiger partial charge in [0.05, 0.1) is 0 Å². The molecule has 0 amide bonds. The summed E-state index contributed by atoms with van der Waals surface area (Å²) < 4.78 is 35.7. The number of alkyl halides is 3. The van der Waals surface area contributed by atoms with Crippen LogP contribution in [0.4, 0.5) is 13.2 Å². The number of nitrogens with one attached hydrogen (secondary N) is 1. The van der Waals surface area contributed by atoms with Crippen molar-refractivity contribution in [3.05, 3.63) is 0 Å². The second-order valence-electron chi connectivity index (χ2n) is 4.55. The smallest absolute Gasteiger partial charge is 0.314 e. The Kier molecular flexibility index (Phi) is 5.97. The van der Waals surface area contributed by atoms with Gasteiger partial charge in [-0.1, -0.05) is 0 Å². The molecule has 1 heterocycles. The molecule has 0 aromatic carbocycles. The van der Waals surface area contributed by atoms with Gasteiger partial charge in [-0.05, 0) is 50.2 Å². The first kappa shape index (κ1) is 14.2. The third kappa shape index (κ3) is 6.63. The first-order valence-electron chi connectivity index (χ1n) is 5.85. The topological polar surface area (TPSA) is 12.0 Å². The van der Waals surface area contributed by atoms with Gasteiger partial charge in [-0.2, -0.15) is 24.9 Å². The SMILES string of the molecule is CC(CCCC(F)(F)F)NCC1CCSC1. The van der Waals surface area contributed by atoms with E-state index in [9.17, 15) is 13.2 Å². The Labute approximate surface area is 99.6 Å². The average Bonchev–Trinajstić information content (AvgIpc) is 2.65. The molecular weight excluding hydrogens is 235 g/mol. The Morgan fingerprint density at radius 1 is 1.44 bits per heavy atom. The molecule has 1 rings (SSSR count). The van der Waals surface area contributed by atoms with Crippen LogP contribution in [0.2, 0.25) is 0 Å². The first-order valence-corrected chi connectivity index (χ1v) is 7.01. The molecule has 1 fully saturated rings. The maximum absolute atomic E-state index is 11.9. The summed E-state index contributed by atoms with van der Waals surface area (Å²) in [7, 11) is 0. The second kappa shape index (κ2) is 6.74. The molecule has 0 saturated carbocycles. The van der Waals surface area contributed by atoms with Crippen LogP contribution in [0.15, 0.2) is 0 Å². The second-order valence-corrected chi connectivity index (χ2v) is 5.70. The lowest BCUT2D eigenvalue weighted by molar-refractivity contribution is -0.135. The summed E-state index contributed by atoms with van der Waals surface area (Å²) in [5.41, 5.74) is 0. The van der Waals surface area contributed by atoms with Crippen molar-refractivity contribution in [3.8, 4) is 0 Å². The highest BCUT2D eigenvalue weighted by molar-refractivity contribution is 7.99. The van der Waals surface area contributed by atoms with Crippen molar-refractivity contribution in [3.63, 3.8) is 0 Å². The maximum Gasteiger partial charge on any atom is 0.389 e. The summed E-state index contributed by atoms with van der Waals surface area (Å²) >= 11 is 1.97. The molecule has 1 aliphatic rings. The van der Waals surface area contributed by atoms with E-state index in [1.165, 1.54) is 17.9 Å². The van der Waals surface area contributed by atoms with Crippen LogP contribution in [0.3, 0.4) is 0 Å². The van der Waals surface area contributed by atoms with Crippen LogP contribution in [0.25, 0.3) is 0 Å². The Hall–Kier alpha value is 0.100. The van der Waals surface area contributed by atoms with Gasteiger partial charge in [0.15, 0.2) is 0 Å². The lowest BCUT2D eigenvalue weighted by atomic mass is 10.1. The minimum absolute atomic E-state index is 0.202. The van der Waals surface area contributed by atoms with Crippen LogP contribution in [-0.4, -0.2) is 30.3 Å². The molecule has 0 aliphatic carbocycles. The summed E-state index contributed by atoms with van der Waals surface area (Å²) in [6, 6.07) is 0.202. The van der Waals surface area contributed by atoms with E-state index in [2.05, 4.69) is 5.32 Å². The summed E-state index contributed by atoms with van der Waals surface area (Å²) in [6.07, 6.45) is -2.57. The van der Waals surface area contributed by atoms with E-state index >= 15 is 0 Å². The fraction of sp³-hybridized carbons (Fsp3) is 1.00. The fourth-order valence-corrected chi connectivity index (χ4v) is 3.11. The molecule has 1 saturated heterocycles. The standard InChI is InChI=1S/C11H20F3NS/c1-9(3-2-5-11(12,13)14)15-7-10-4-6-16-8-10/h9-10,15H,2-8H2,1H3. The van der Waals surface area contributed by atoms with E-state index in [0.717, 1.165) is 12.5 Å². The zero-order valence-corrected chi connectivity index (χ0v) is 10.5. The third-order valence-electron chi connectivity index (χ3n) is 2.88. The number of halogens is 3. The largest absolute Gasteiger partial charge is 0.389 e. The van der Waals surface area contributed by atoms with Crippen molar-refractivity contribution < 1.29 is 13.2 Å². The summed E-state index contributed by atoms with van der Waals surface area (Å²) in [5, 5.41) is 3.33. The highest BCUT2D eigenvalue weighted by atomic mass is 32.2. The van der Waals surface area contributed by atoms with Crippen molar-refractivity contribution >= 4 is 11.8 Å². The predicted molar refractivity (Wildman–Crippen MR) is 62.8 cm³/mol. The van der Waals surface area contributed by atoms with Crippen LogP contribution in [0, 0.1) is 5.92 Å². The van der Waals surface area contributed by atoms with Gasteiger partial charge in [0.1, 0.15) is 0 Å². The minimum atomic E-state index is -4.00. The third-order valence-corrected chi connectivity index (χ3v) is 4.11. The Balaban J connectivity index is 2.00. The molecule has 5 heteroatoms. The molecule has 0 bridgehead atoms. The highest BCUT2D eigenvalue weighted by Gasteiger charge is 2.26. The highest BCUT2D eigenvalue weighted by Crippen LogP contribution is 2.24. The predicted octanol–water partition coefficient (Wildman–Crippen LogP) is 3.45. The number of hydrogen-bond donors (Lipinski definition) is 1. The van der Waals surface area contributed by atoms with Crippen LogP contribution in [0.5, 0.6) is 0 Å². The number of thioether (sulfide) groups is 1. The lowest BCUT2D eigenvalue weighted by Gasteiger charge is -2.17. The number of hydrogen-bond acceptors (Lipinski definition) is 2. The van der Waals surface area contributed by atoms with Gasteiger partial charge >= 0.3 is 6.18 Å². The Morgan fingerprint density at radius 2 is 2.19 bits per heavy atom. The molecule has 1 N–H and O–H groups in total. The first-order chi connectivity index (χ1) is 7.47. The zero-order valence-electron chi connectivity index (χ0n) is 9.65. The molecule has 1 aliphatic heterocycles. The van der Waals surface area contributed by atoms with Crippen molar-refractivity contribution in [1.29, 1.82) is 0 Å². The molecule has 2 atom stereocenters. The molecule has 0 radical (unpaired) electrons. The monoisotopic (exact) mass is 255 g/mol. The van der Waals surface area contributed by atoms with Gasteiger partial charge in [0, 0.05) is 12.5 Å².